The van der Waals surface area contributed by atoms with Gasteiger partial charge in [-0.1, -0.05) is 30.3 Å². The van der Waals surface area contributed by atoms with Gasteiger partial charge in [-0.3, -0.25) is 4.68 Å². The van der Waals surface area contributed by atoms with Crippen molar-refractivity contribution in [2.45, 2.75) is 33.2 Å². The number of hydrogen-bond acceptors (Lipinski definition) is 5. The first kappa shape index (κ1) is 22.0. The lowest BCUT2D eigenvalue weighted by Gasteiger charge is -2.10. The van der Waals surface area contributed by atoms with E-state index >= 15 is 0 Å². The number of carbonyl (C=O) groups excluding carboxylic acids is 1. The Morgan fingerprint density at radius 2 is 2.10 bits per heavy atom. The van der Waals surface area contributed by atoms with Crippen molar-refractivity contribution < 1.29 is 9.53 Å². The van der Waals surface area contributed by atoms with E-state index in [4.69, 9.17) is 17.0 Å². The van der Waals surface area contributed by atoms with E-state index in [2.05, 4.69) is 27.9 Å². The summed E-state index contributed by atoms with van der Waals surface area (Å²) < 4.78 is 7.14. The molecule has 30 heavy (non-hydrogen) atoms. The van der Waals surface area contributed by atoms with Gasteiger partial charge < -0.3 is 15.4 Å². The molecule has 2 heterocycles. The van der Waals surface area contributed by atoms with E-state index in [0.29, 0.717) is 28.8 Å². The lowest BCUT2D eigenvalue weighted by Crippen LogP contribution is -2.30. The van der Waals surface area contributed by atoms with Crippen LogP contribution in [0.1, 0.15) is 39.7 Å². The van der Waals surface area contributed by atoms with E-state index in [1.54, 1.807) is 6.92 Å². The highest BCUT2D eigenvalue weighted by molar-refractivity contribution is 7.80. The van der Waals surface area contributed by atoms with Crippen LogP contribution in [0.5, 0.6) is 0 Å². The third-order valence-electron chi connectivity index (χ3n) is 4.34. The summed E-state index contributed by atoms with van der Waals surface area (Å²) in [5, 5.41) is 11.8. The SMILES string of the molecule is CCOC(=O)c1cc(Cc2ccccc2)sc1NC(=S)NCCCn1cc(C)cn1. The minimum Gasteiger partial charge on any atom is -0.462 e. The predicted molar refractivity (Wildman–Crippen MR) is 125 cm³/mol. The number of rotatable bonds is 9. The zero-order chi connectivity index (χ0) is 21.3. The average Bonchev–Trinajstić information content (AvgIpc) is 3.32. The molecule has 0 atom stereocenters. The van der Waals surface area contributed by atoms with E-state index in [0.717, 1.165) is 29.8 Å². The number of nitrogens with zero attached hydrogens (tertiary/aromatic N) is 2. The molecule has 3 aromatic rings. The summed E-state index contributed by atoms with van der Waals surface area (Å²) in [7, 11) is 0. The number of ether oxygens (including phenoxy) is 1. The number of thiophene rings is 1. The molecule has 6 nitrogen and oxygen atoms in total. The van der Waals surface area contributed by atoms with E-state index in [9.17, 15) is 4.79 Å². The van der Waals surface area contributed by atoms with E-state index < -0.39 is 0 Å². The molecule has 2 N–H and O–H groups in total. The molecular formula is C22H26N4O2S2. The Bertz CT molecular complexity index is 982. The van der Waals surface area contributed by atoms with Gasteiger partial charge in [-0.25, -0.2) is 4.79 Å². The first-order valence-electron chi connectivity index (χ1n) is 9.93. The standard InChI is InChI=1S/C22H26N4O2S2/c1-3-28-21(27)19-13-18(12-17-8-5-4-6-9-17)30-20(19)25-22(29)23-10-7-11-26-15-16(2)14-24-26/h4-6,8-9,13-15H,3,7,10-12H2,1-2H3,(H2,23,25,29). The van der Waals surface area contributed by atoms with Crippen molar-refractivity contribution in [1.82, 2.24) is 15.1 Å². The van der Waals surface area contributed by atoms with E-state index in [-0.39, 0.29) is 5.97 Å². The molecule has 0 aliphatic carbocycles. The molecule has 1 aromatic carbocycles. The van der Waals surface area contributed by atoms with Gasteiger partial charge in [-0.15, -0.1) is 11.3 Å². The highest BCUT2D eigenvalue weighted by atomic mass is 32.1. The topological polar surface area (TPSA) is 68.2 Å². The summed E-state index contributed by atoms with van der Waals surface area (Å²) in [5.41, 5.74) is 2.86. The fourth-order valence-electron chi connectivity index (χ4n) is 2.96. The van der Waals surface area contributed by atoms with Crippen molar-refractivity contribution in [3.63, 3.8) is 0 Å². The van der Waals surface area contributed by atoms with E-state index in [1.165, 1.54) is 16.9 Å². The molecule has 0 aliphatic heterocycles. The van der Waals surface area contributed by atoms with Crippen molar-refractivity contribution in [3.05, 3.63) is 70.4 Å². The minimum atomic E-state index is -0.340. The van der Waals surface area contributed by atoms with Crippen LogP contribution in [-0.4, -0.2) is 34.0 Å². The second-order valence-corrected chi connectivity index (χ2v) is 8.40. The lowest BCUT2D eigenvalue weighted by molar-refractivity contribution is 0.0528. The van der Waals surface area contributed by atoms with Crippen molar-refractivity contribution >= 4 is 39.6 Å². The minimum absolute atomic E-state index is 0.331. The molecule has 2 aromatic heterocycles. The molecule has 3 rings (SSSR count). The monoisotopic (exact) mass is 442 g/mol. The summed E-state index contributed by atoms with van der Waals surface area (Å²) in [6.45, 7) is 5.68. The summed E-state index contributed by atoms with van der Waals surface area (Å²) >= 11 is 6.95. The molecule has 0 fully saturated rings. The summed E-state index contributed by atoms with van der Waals surface area (Å²) in [4.78, 5) is 13.5. The number of carbonyl (C=O) groups is 1. The molecular weight excluding hydrogens is 416 g/mol. The Morgan fingerprint density at radius 3 is 2.80 bits per heavy atom. The normalized spacial score (nSPS) is 10.6. The van der Waals surface area contributed by atoms with E-state index in [1.807, 2.05) is 48.3 Å². The summed E-state index contributed by atoms with van der Waals surface area (Å²) in [5.74, 6) is -0.340. The predicted octanol–water partition coefficient (Wildman–Crippen LogP) is 4.40. The highest BCUT2D eigenvalue weighted by Crippen LogP contribution is 2.30. The van der Waals surface area contributed by atoms with Crippen LogP contribution in [0.25, 0.3) is 0 Å². The number of anilines is 1. The highest BCUT2D eigenvalue weighted by Gasteiger charge is 2.18. The number of nitrogens with one attached hydrogen (secondary N) is 2. The molecule has 8 heteroatoms. The van der Waals surface area contributed by atoms with Gasteiger partial charge in [-0.05, 0) is 49.7 Å². The van der Waals surface area contributed by atoms with Gasteiger partial charge in [0.1, 0.15) is 5.00 Å². The first-order valence-corrected chi connectivity index (χ1v) is 11.1. The zero-order valence-electron chi connectivity index (χ0n) is 17.2. The third-order valence-corrected chi connectivity index (χ3v) is 5.64. The molecule has 0 spiro atoms. The molecule has 0 radical (unpaired) electrons. The molecule has 0 amide bonds. The van der Waals surface area contributed by atoms with Gasteiger partial charge in [0.25, 0.3) is 0 Å². The third kappa shape index (κ3) is 6.40. The molecule has 0 bridgehead atoms. The van der Waals surface area contributed by atoms with Crippen LogP contribution in [0, 0.1) is 6.92 Å². The number of thiocarbonyl (C=S) groups is 1. The first-order chi connectivity index (χ1) is 14.5. The van der Waals surface area contributed by atoms with Crippen LogP contribution >= 0.6 is 23.6 Å². The Labute approximate surface area is 186 Å². The van der Waals surface area contributed by atoms with Crippen LogP contribution in [0.15, 0.2) is 48.8 Å². The molecule has 0 aliphatic rings. The quantitative estimate of drug-likeness (QED) is 0.291. The van der Waals surface area contributed by atoms with Gasteiger partial charge >= 0.3 is 5.97 Å². The summed E-state index contributed by atoms with van der Waals surface area (Å²) in [6.07, 6.45) is 5.50. The second kappa shape index (κ2) is 10.9. The summed E-state index contributed by atoms with van der Waals surface area (Å²) in [6, 6.07) is 12.1. The number of aryl methyl sites for hydroxylation is 2. The van der Waals surface area contributed by atoms with Crippen LogP contribution in [0.3, 0.4) is 0 Å². The molecule has 0 saturated heterocycles. The average molecular weight is 443 g/mol. The van der Waals surface area contributed by atoms with Crippen molar-refractivity contribution in [1.29, 1.82) is 0 Å². The number of aromatic nitrogens is 2. The molecule has 0 unspecified atom stereocenters. The second-order valence-electron chi connectivity index (χ2n) is 6.85. The lowest BCUT2D eigenvalue weighted by atomic mass is 10.1. The Kier molecular flexibility index (Phi) is 7.98. The van der Waals surface area contributed by atoms with Crippen LogP contribution in [-0.2, 0) is 17.7 Å². The molecule has 0 saturated carbocycles. The van der Waals surface area contributed by atoms with Crippen LogP contribution < -0.4 is 10.6 Å². The van der Waals surface area contributed by atoms with Gasteiger partial charge in [0.05, 0.1) is 18.4 Å². The van der Waals surface area contributed by atoms with Crippen LogP contribution in [0.4, 0.5) is 5.00 Å². The van der Waals surface area contributed by atoms with Gasteiger partial charge in [0.2, 0.25) is 0 Å². The Hall–Kier alpha value is -2.71. The maximum Gasteiger partial charge on any atom is 0.341 e. The van der Waals surface area contributed by atoms with Gasteiger partial charge in [0.15, 0.2) is 5.11 Å². The Balaban J connectivity index is 1.59. The number of benzene rings is 1. The smallest absolute Gasteiger partial charge is 0.341 e. The zero-order valence-corrected chi connectivity index (χ0v) is 18.8. The number of esters is 1. The fraction of sp³-hybridized carbons (Fsp3) is 0.318. The number of hydrogen-bond donors (Lipinski definition) is 2. The van der Waals surface area contributed by atoms with Crippen molar-refractivity contribution in [3.8, 4) is 0 Å². The fourth-order valence-corrected chi connectivity index (χ4v) is 4.31. The van der Waals surface area contributed by atoms with Gasteiger partial charge in [-0.2, -0.15) is 5.10 Å². The Morgan fingerprint density at radius 1 is 1.30 bits per heavy atom. The van der Waals surface area contributed by atoms with Gasteiger partial charge in [0, 0.05) is 30.6 Å². The largest absolute Gasteiger partial charge is 0.462 e. The maximum atomic E-state index is 12.4. The van der Waals surface area contributed by atoms with Crippen molar-refractivity contribution in [2.24, 2.45) is 0 Å². The van der Waals surface area contributed by atoms with Crippen LogP contribution in [0.2, 0.25) is 0 Å². The maximum absolute atomic E-state index is 12.4. The molecule has 158 valence electrons. The van der Waals surface area contributed by atoms with Crippen molar-refractivity contribution in [2.75, 3.05) is 18.5 Å².